The Kier molecular flexibility index (Phi) is 4.57. The van der Waals surface area contributed by atoms with E-state index in [2.05, 4.69) is 30.8 Å². The number of carbonyl (C=O) groups is 1. The fourth-order valence-corrected chi connectivity index (χ4v) is 3.88. The number of hydrogen-bond acceptors (Lipinski definition) is 5. The lowest BCUT2D eigenvalue weighted by molar-refractivity contribution is -0.151. The highest BCUT2D eigenvalue weighted by Crippen LogP contribution is 2.35. The second kappa shape index (κ2) is 6.81. The molecule has 2 aliphatic rings. The number of piperidine rings is 1. The van der Waals surface area contributed by atoms with E-state index in [9.17, 15) is 9.90 Å². The molecular weight excluding hydrogens is 358 g/mol. The third-order valence-electron chi connectivity index (χ3n) is 5.72. The summed E-state index contributed by atoms with van der Waals surface area (Å²) in [6.45, 7) is 8.68. The van der Waals surface area contributed by atoms with E-state index in [0.717, 1.165) is 29.3 Å². The summed E-state index contributed by atoms with van der Waals surface area (Å²) >= 11 is 0. The van der Waals surface area contributed by atoms with Crippen LogP contribution in [0.3, 0.4) is 0 Å². The van der Waals surface area contributed by atoms with Crippen LogP contribution >= 0.6 is 0 Å². The molecule has 1 saturated heterocycles. The molecule has 0 bridgehead atoms. The number of fused-ring (bicyclic) bond motifs is 1. The van der Waals surface area contributed by atoms with Gasteiger partial charge in [-0.05, 0) is 36.6 Å². The average molecular weight is 385 g/mol. The van der Waals surface area contributed by atoms with Gasteiger partial charge in [-0.1, -0.05) is 26.8 Å². The molecule has 0 aliphatic carbocycles. The van der Waals surface area contributed by atoms with E-state index < -0.39 is 11.5 Å². The molecule has 0 atom stereocenters. The number of benzene rings is 1. The second-order valence-electron chi connectivity index (χ2n) is 8.70. The fourth-order valence-electron chi connectivity index (χ4n) is 3.88. The molecule has 1 fully saturated rings. The smallest absolute Gasteiger partial charge is 0.331 e. The van der Waals surface area contributed by atoms with Gasteiger partial charge in [-0.3, -0.25) is 9.58 Å². The predicted octanol–water partition coefficient (Wildman–Crippen LogP) is 2.99. The zero-order chi connectivity index (χ0) is 19.9. The molecule has 1 aromatic carbocycles. The van der Waals surface area contributed by atoms with Crippen molar-refractivity contribution in [2.45, 2.75) is 51.1 Å². The zero-order valence-corrected chi connectivity index (χ0v) is 16.6. The molecule has 28 heavy (non-hydrogen) atoms. The van der Waals surface area contributed by atoms with Crippen LogP contribution in [0, 0.1) is 0 Å². The fraction of sp³-hybridized carbons (Fsp3) is 0.524. The summed E-state index contributed by atoms with van der Waals surface area (Å²) in [6, 6.07) is 7.91. The minimum atomic E-state index is -0.977. The third kappa shape index (κ3) is 3.35. The van der Waals surface area contributed by atoms with Gasteiger partial charge in [0.05, 0.1) is 5.69 Å². The average Bonchev–Trinajstić information content (AvgIpc) is 3.31. The molecule has 4 rings (SSSR count). The molecule has 2 aliphatic heterocycles. The Morgan fingerprint density at radius 1 is 1.18 bits per heavy atom. The van der Waals surface area contributed by atoms with Gasteiger partial charge in [-0.25, -0.2) is 4.79 Å². The van der Waals surface area contributed by atoms with Crippen molar-refractivity contribution in [2.24, 2.45) is 0 Å². The van der Waals surface area contributed by atoms with Crippen LogP contribution in [-0.4, -0.2) is 45.6 Å². The van der Waals surface area contributed by atoms with Crippen LogP contribution in [0.25, 0.3) is 0 Å². The standard InChI is InChI=1S/C21H27N3O4/c1-20(2,3)18-6-9-24(22-18)21(19(25)26)7-10-23(11-8-21)13-15-4-5-16-17(12-15)28-14-27-16/h4-6,9,12H,7-8,10-11,13-14H2,1-3H3,(H,25,26). The van der Waals surface area contributed by atoms with Crippen LogP contribution in [0.2, 0.25) is 0 Å². The van der Waals surface area contributed by atoms with Crippen molar-refractivity contribution in [3.8, 4) is 11.5 Å². The van der Waals surface area contributed by atoms with Crippen LogP contribution in [0.5, 0.6) is 11.5 Å². The monoisotopic (exact) mass is 385 g/mol. The topological polar surface area (TPSA) is 76.8 Å². The molecule has 2 aromatic rings. The Balaban J connectivity index is 1.47. The maximum Gasteiger partial charge on any atom is 0.331 e. The molecular formula is C21H27N3O4. The molecule has 0 saturated carbocycles. The Morgan fingerprint density at radius 3 is 2.54 bits per heavy atom. The van der Waals surface area contributed by atoms with Gasteiger partial charge < -0.3 is 14.6 Å². The minimum absolute atomic E-state index is 0.106. The highest BCUT2D eigenvalue weighted by atomic mass is 16.7. The molecule has 1 N–H and O–H groups in total. The first-order chi connectivity index (χ1) is 13.3. The summed E-state index contributed by atoms with van der Waals surface area (Å²) in [7, 11) is 0. The van der Waals surface area contributed by atoms with Crippen LogP contribution in [-0.2, 0) is 22.3 Å². The van der Waals surface area contributed by atoms with Crippen molar-refractivity contribution in [3.63, 3.8) is 0 Å². The van der Waals surface area contributed by atoms with Gasteiger partial charge in [-0.15, -0.1) is 0 Å². The van der Waals surface area contributed by atoms with Crippen molar-refractivity contribution < 1.29 is 19.4 Å². The van der Waals surface area contributed by atoms with Crippen molar-refractivity contribution in [1.82, 2.24) is 14.7 Å². The van der Waals surface area contributed by atoms with Crippen LogP contribution in [0.4, 0.5) is 0 Å². The van der Waals surface area contributed by atoms with E-state index in [4.69, 9.17) is 9.47 Å². The summed E-state index contributed by atoms with van der Waals surface area (Å²) in [5, 5.41) is 14.7. The summed E-state index contributed by atoms with van der Waals surface area (Å²) in [5.74, 6) is 0.750. The van der Waals surface area contributed by atoms with Gasteiger partial charge in [-0.2, -0.15) is 5.10 Å². The number of carboxylic acids is 1. The molecule has 7 nitrogen and oxygen atoms in total. The Hall–Kier alpha value is -2.54. The molecule has 0 spiro atoms. The lowest BCUT2D eigenvalue weighted by Crippen LogP contribution is -2.51. The quantitative estimate of drug-likeness (QED) is 0.872. The van der Waals surface area contributed by atoms with Crippen molar-refractivity contribution in [3.05, 3.63) is 41.7 Å². The Labute approximate surface area is 164 Å². The van der Waals surface area contributed by atoms with Crippen molar-refractivity contribution in [1.29, 1.82) is 0 Å². The molecule has 3 heterocycles. The van der Waals surface area contributed by atoms with Gasteiger partial charge in [0.25, 0.3) is 0 Å². The maximum absolute atomic E-state index is 12.2. The number of carboxylic acid groups (broad SMARTS) is 1. The highest BCUT2D eigenvalue weighted by molar-refractivity contribution is 5.76. The van der Waals surface area contributed by atoms with E-state index in [1.54, 1.807) is 4.68 Å². The summed E-state index contributed by atoms with van der Waals surface area (Å²) in [5.41, 5.74) is 0.969. The summed E-state index contributed by atoms with van der Waals surface area (Å²) in [4.78, 5) is 14.5. The van der Waals surface area contributed by atoms with E-state index in [-0.39, 0.29) is 12.2 Å². The first kappa shape index (κ1) is 18.8. The van der Waals surface area contributed by atoms with E-state index in [0.29, 0.717) is 25.9 Å². The number of hydrogen-bond donors (Lipinski definition) is 1. The zero-order valence-electron chi connectivity index (χ0n) is 16.6. The molecule has 0 radical (unpaired) electrons. The lowest BCUT2D eigenvalue weighted by Gasteiger charge is -2.39. The number of aliphatic carboxylic acids is 1. The Morgan fingerprint density at radius 2 is 1.89 bits per heavy atom. The van der Waals surface area contributed by atoms with Crippen LogP contribution in [0.15, 0.2) is 30.5 Å². The first-order valence-electron chi connectivity index (χ1n) is 9.69. The van der Waals surface area contributed by atoms with E-state index >= 15 is 0 Å². The molecule has 7 heteroatoms. The normalized spacial score (nSPS) is 19.0. The number of likely N-dealkylation sites (tertiary alicyclic amines) is 1. The van der Waals surface area contributed by atoms with Gasteiger partial charge in [0.15, 0.2) is 17.0 Å². The largest absolute Gasteiger partial charge is 0.479 e. The molecule has 150 valence electrons. The predicted molar refractivity (Wildman–Crippen MR) is 104 cm³/mol. The molecule has 0 unspecified atom stereocenters. The van der Waals surface area contributed by atoms with Gasteiger partial charge in [0, 0.05) is 31.2 Å². The van der Waals surface area contributed by atoms with Crippen LogP contribution < -0.4 is 9.47 Å². The number of nitrogens with zero attached hydrogens (tertiary/aromatic N) is 3. The minimum Gasteiger partial charge on any atom is -0.479 e. The van der Waals surface area contributed by atoms with Crippen molar-refractivity contribution >= 4 is 5.97 Å². The maximum atomic E-state index is 12.2. The van der Waals surface area contributed by atoms with Gasteiger partial charge >= 0.3 is 5.97 Å². The molecule has 0 amide bonds. The Bertz CT molecular complexity index is 876. The van der Waals surface area contributed by atoms with Gasteiger partial charge in [0.2, 0.25) is 6.79 Å². The summed E-state index contributed by atoms with van der Waals surface area (Å²) < 4.78 is 12.5. The number of ether oxygens (including phenoxy) is 2. The SMILES string of the molecule is CC(C)(C)c1ccn(C2(C(=O)O)CCN(Cc3ccc4c(c3)OCO4)CC2)n1. The number of rotatable bonds is 4. The molecule has 1 aromatic heterocycles. The number of aromatic nitrogens is 2. The van der Waals surface area contributed by atoms with E-state index in [1.807, 2.05) is 30.5 Å². The summed E-state index contributed by atoms with van der Waals surface area (Å²) in [6.07, 6.45) is 2.87. The van der Waals surface area contributed by atoms with Crippen molar-refractivity contribution in [2.75, 3.05) is 19.9 Å². The lowest BCUT2D eigenvalue weighted by atomic mass is 9.87. The first-order valence-corrected chi connectivity index (χ1v) is 9.69. The highest BCUT2D eigenvalue weighted by Gasteiger charge is 2.44. The van der Waals surface area contributed by atoms with E-state index in [1.165, 1.54) is 0 Å². The third-order valence-corrected chi connectivity index (χ3v) is 5.72. The van der Waals surface area contributed by atoms with Gasteiger partial charge in [0.1, 0.15) is 0 Å². The second-order valence-corrected chi connectivity index (χ2v) is 8.70. The van der Waals surface area contributed by atoms with Crippen LogP contribution in [0.1, 0.15) is 44.9 Å².